The molecule has 1 aromatic carbocycles. The van der Waals surface area contributed by atoms with Crippen LogP contribution in [0.5, 0.6) is 0 Å². The number of aliphatic hydroxyl groups excluding tert-OH is 2. The maximum atomic E-state index is 10.3. The molecule has 0 aromatic heterocycles. The van der Waals surface area contributed by atoms with Crippen LogP contribution in [0.4, 0.5) is 0 Å². The van der Waals surface area contributed by atoms with E-state index < -0.39 is 11.9 Å². The summed E-state index contributed by atoms with van der Waals surface area (Å²) in [6.07, 6.45) is 9.30. The molecule has 0 spiro atoms. The molecular weight excluding hydrogens is 312 g/mol. The molecule has 1 aromatic rings. The lowest BCUT2D eigenvalue weighted by molar-refractivity contribution is 0.0681. The van der Waals surface area contributed by atoms with Crippen LogP contribution >= 0.6 is 0 Å². The lowest BCUT2D eigenvalue weighted by Gasteiger charge is -1.99. The fraction of sp³-hybridized carbons (Fsp3) is 0.556. The van der Waals surface area contributed by atoms with Gasteiger partial charge in [0, 0.05) is 13.2 Å². The Morgan fingerprint density at radius 3 is 1.04 bits per heavy atom. The average Bonchev–Trinajstić information content (AvgIpc) is 2.58. The Bertz CT molecular complexity index is 412. The molecule has 0 fully saturated rings. The third-order valence-corrected chi connectivity index (χ3v) is 3.45. The lowest BCUT2D eigenvalue weighted by Crippen LogP contribution is -1.99. The van der Waals surface area contributed by atoms with Crippen LogP contribution < -0.4 is 0 Å². The number of carboxylic acids is 2. The summed E-state index contributed by atoms with van der Waals surface area (Å²) in [5.74, 6) is -2.13. The van der Waals surface area contributed by atoms with Crippen molar-refractivity contribution in [1.82, 2.24) is 0 Å². The normalized spacial score (nSPS) is 9.92. The third kappa shape index (κ3) is 11.6. The number of aromatic carboxylic acids is 2. The molecule has 0 heterocycles. The van der Waals surface area contributed by atoms with Gasteiger partial charge in [0.25, 0.3) is 0 Å². The highest BCUT2D eigenvalue weighted by atomic mass is 16.4. The Morgan fingerprint density at radius 1 is 0.583 bits per heavy atom. The largest absolute Gasteiger partial charge is 0.478 e. The SMILES string of the molecule is O=C(O)c1ccc(C(=O)O)cc1.OCCCCCCCCCCO. The zero-order valence-electron chi connectivity index (χ0n) is 14.0. The van der Waals surface area contributed by atoms with Crippen molar-refractivity contribution in [2.45, 2.75) is 51.4 Å². The van der Waals surface area contributed by atoms with Gasteiger partial charge in [0.15, 0.2) is 0 Å². The zero-order valence-corrected chi connectivity index (χ0v) is 14.0. The second-order valence-corrected chi connectivity index (χ2v) is 5.46. The number of aliphatic hydroxyl groups is 2. The summed E-state index contributed by atoms with van der Waals surface area (Å²) in [6.45, 7) is 0.676. The highest BCUT2D eigenvalue weighted by molar-refractivity contribution is 5.91. The van der Waals surface area contributed by atoms with Crippen LogP contribution in [0.15, 0.2) is 24.3 Å². The zero-order chi connectivity index (χ0) is 18.2. The highest BCUT2D eigenvalue weighted by Gasteiger charge is 2.04. The molecule has 136 valence electrons. The minimum absolute atomic E-state index is 0.0833. The van der Waals surface area contributed by atoms with Gasteiger partial charge in [-0.2, -0.15) is 0 Å². The predicted octanol–water partition coefficient (Wildman–Crippen LogP) is 3.17. The van der Waals surface area contributed by atoms with E-state index in [0.29, 0.717) is 13.2 Å². The molecule has 0 aliphatic rings. The number of rotatable bonds is 11. The summed E-state index contributed by atoms with van der Waals surface area (Å²) in [4.78, 5) is 20.7. The van der Waals surface area contributed by atoms with Crippen LogP contribution in [0.2, 0.25) is 0 Å². The molecule has 0 aliphatic heterocycles. The molecule has 6 nitrogen and oxygen atoms in total. The summed E-state index contributed by atoms with van der Waals surface area (Å²) in [6, 6.07) is 5.02. The first kappa shape index (κ1) is 22.1. The van der Waals surface area contributed by atoms with Crippen molar-refractivity contribution in [1.29, 1.82) is 0 Å². The first-order valence-electron chi connectivity index (χ1n) is 8.31. The number of hydrogen-bond acceptors (Lipinski definition) is 4. The number of benzene rings is 1. The lowest BCUT2D eigenvalue weighted by atomic mass is 10.1. The summed E-state index contributed by atoms with van der Waals surface area (Å²) in [7, 11) is 0. The topological polar surface area (TPSA) is 115 Å². The van der Waals surface area contributed by atoms with Gasteiger partial charge in [0.05, 0.1) is 11.1 Å². The number of carboxylic acid groups (broad SMARTS) is 2. The minimum Gasteiger partial charge on any atom is -0.478 e. The summed E-state index contributed by atoms with van der Waals surface area (Å²) < 4.78 is 0. The Labute approximate surface area is 142 Å². The van der Waals surface area contributed by atoms with Gasteiger partial charge in [-0.05, 0) is 37.1 Å². The highest BCUT2D eigenvalue weighted by Crippen LogP contribution is 2.07. The van der Waals surface area contributed by atoms with Crippen LogP contribution in [0.25, 0.3) is 0 Å². The molecule has 0 unspecified atom stereocenters. The molecule has 24 heavy (non-hydrogen) atoms. The molecule has 0 radical (unpaired) electrons. The van der Waals surface area contributed by atoms with E-state index in [2.05, 4.69) is 0 Å². The van der Waals surface area contributed by atoms with Crippen molar-refractivity contribution in [3.63, 3.8) is 0 Å². The molecule has 4 N–H and O–H groups in total. The fourth-order valence-electron chi connectivity index (χ4n) is 2.04. The van der Waals surface area contributed by atoms with E-state index in [1.54, 1.807) is 0 Å². The molecular formula is C18H28O6. The Kier molecular flexibility index (Phi) is 13.5. The van der Waals surface area contributed by atoms with Crippen molar-refractivity contribution in [3.8, 4) is 0 Å². The third-order valence-electron chi connectivity index (χ3n) is 3.45. The summed E-state index contributed by atoms with van der Waals surface area (Å²) in [5.41, 5.74) is 0.167. The van der Waals surface area contributed by atoms with Crippen molar-refractivity contribution in [2.24, 2.45) is 0 Å². The molecule has 0 bridgehead atoms. The Morgan fingerprint density at radius 2 is 0.833 bits per heavy atom. The van der Waals surface area contributed by atoms with Gasteiger partial charge in [0.1, 0.15) is 0 Å². The number of unbranched alkanes of at least 4 members (excludes halogenated alkanes) is 7. The monoisotopic (exact) mass is 340 g/mol. The van der Waals surface area contributed by atoms with Crippen molar-refractivity contribution >= 4 is 11.9 Å². The van der Waals surface area contributed by atoms with Crippen LogP contribution in [-0.2, 0) is 0 Å². The molecule has 0 saturated heterocycles. The quantitative estimate of drug-likeness (QED) is 0.460. The maximum Gasteiger partial charge on any atom is 0.335 e. The summed E-state index contributed by atoms with van der Waals surface area (Å²) in [5, 5.41) is 34.0. The van der Waals surface area contributed by atoms with Gasteiger partial charge in [-0.15, -0.1) is 0 Å². The molecule has 0 atom stereocenters. The van der Waals surface area contributed by atoms with E-state index in [0.717, 1.165) is 25.7 Å². The van der Waals surface area contributed by atoms with Crippen LogP contribution in [-0.4, -0.2) is 45.6 Å². The van der Waals surface area contributed by atoms with E-state index in [9.17, 15) is 9.59 Å². The molecule has 0 amide bonds. The van der Waals surface area contributed by atoms with Gasteiger partial charge in [0.2, 0.25) is 0 Å². The molecule has 1 rings (SSSR count). The number of hydrogen-bond donors (Lipinski definition) is 4. The predicted molar refractivity (Wildman–Crippen MR) is 91.5 cm³/mol. The van der Waals surface area contributed by atoms with E-state index in [-0.39, 0.29) is 11.1 Å². The van der Waals surface area contributed by atoms with Gasteiger partial charge in [-0.1, -0.05) is 38.5 Å². The van der Waals surface area contributed by atoms with E-state index >= 15 is 0 Å². The van der Waals surface area contributed by atoms with Crippen LogP contribution in [0.1, 0.15) is 72.1 Å². The van der Waals surface area contributed by atoms with E-state index in [4.69, 9.17) is 20.4 Å². The second kappa shape index (κ2) is 14.7. The van der Waals surface area contributed by atoms with Crippen molar-refractivity contribution in [3.05, 3.63) is 35.4 Å². The van der Waals surface area contributed by atoms with E-state index in [1.165, 1.54) is 49.9 Å². The Hall–Kier alpha value is -1.92. The first-order valence-corrected chi connectivity index (χ1v) is 8.31. The van der Waals surface area contributed by atoms with Gasteiger partial charge < -0.3 is 20.4 Å². The summed E-state index contributed by atoms with van der Waals surface area (Å²) >= 11 is 0. The minimum atomic E-state index is -1.06. The molecule has 0 aliphatic carbocycles. The molecule has 0 saturated carbocycles. The van der Waals surface area contributed by atoms with Gasteiger partial charge in [-0.3, -0.25) is 0 Å². The van der Waals surface area contributed by atoms with Crippen molar-refractivity contribution in [2.75, 3.05) is 13.2 Å². The van der Waals surface area contributed by atoms with Gasteiger partial charge >= 0.3 is 11.9 Å². The van der Waals surface area contributed by atoms with Crippen LogP contribution in [0.3, 0.4) is 0 Å². The standard InChI is InChI=1S/C10H22O2.C8H6O4/c11-9-7-5-3-1-2-4-6-8-10-12;9-7(10)5-1-2-6(4-3-5)8(11)12/h11-12H,1-10H2;1-4H,(H,9,10)(H,11,12). The number of carbonyl (C=O) groups is 2. The fourth-order valence-corrected chi connectivity index (χ4v) is 2.04. The van der Waals surface area contributed by atoms with Crippen LogP contribution in [0, 0.1) is 0 Å². The average molecular weight is 340 g/mol. The maximum absolute atomic E-state index is 10.3. The van der Waals surface area contributed by atoms with Crippen molar-refractivity contribution < 1.29 is 30.0 Å². The molecule has 6 heteroatoms. The van der Waals surface area contributed by atoms with Gasteiger partial charge in [-0.25, -0.2) is 9.59 Å². The second-order valence-electron chi connectivity index (χ2n) is 5.46. The first-order chi connectivity index (χ1) is 11.5. The van der Waals surface area contributed by atoms with E-state index in [1.807, 2.05) is 0 Å². The Balaban J connectivity index is 0.000000441. The smallest absolute Gasteiger partial charge is 0.335 e.